The molecule has 0 aliphatic heterocycles. The Labute approximate surface area is 109 Å². The molecular weight excluding hydrogens is 228 g/mol. The molecule has 1 atom stereocenters. The number of rotatable bonds is 7. The summed E-state index contributed by atoms with van der Waals surface area (Å²) >= 11 is 0. The van der Waals surface area contributed by atoms with Gasteiger partial charge in [-0.2, -0.15) is 5.26 Å². The van der Waals surface area contributed by atoms with E-state index in [-0.39, 0.29) is 6.04 Å². The van der Waals surface area contributed by atoms with Gasteiger partial charge in [0.15, 0.2) is 0 Å². The highest BCUT2D eigenvalue weighted by Gasteiger charge is 2.09. The standard InChI is InChI=1S/C14H20N2O2/c1-11(16-8-4-7-15)12-5-6-14(18-3)13(9-12)10-17-2/h5-6,9,11,16H,4,8,10H2,1-3H3. The smallest absolute Gasteiger partial charge is 0.124 e. The predicted octanol–water partition coefficient (Wildman–Crippen LogP) is 2.41. The van der Waals surface area contributed by atoms with Crippen LogP contribution in [0.15, 0.2) is 18.2 Å². The number of nitriles is 1. The molecule has 1 aromatic carbocycles. The quantitative estimate of drug-likeness (QED) is 0.753. The Kier molecular flexibility index (Phi) is 6.20. The van der Waals surface area contributed by atoms with E-state index in [4.69, 9.17) is 14.7 Å². The highest BCUT2D eigenvalue weighted by molar-refractivity contribution is 5.38. The van der Waals surface area contributed by atoms with Crippen molar-refractivity contribution in [2.24, 2.45) is 0 Å². The molecule has 0 amide bonds. The average molecular weight is 248 g/mol. The Morgan fingerprint density at radius 1 is 1.39 bits per heavy atom. The number of nitrogens with one attached hydrogen (secondary N) is 1. The molecule has 0 aliphatic carbocycles. The van der Waals surface area contributed by atoms with E-state index in [0.717, 1.165) is 11.3 Å². The Bertz CT molecular complexity index is 413. The SMILES string of the molecule is COCc1cc(C(C)NCCC#N)ccc1OC. The first-order valence-corrected chi connectivity index (χ1v) is 5.99. The molecule has 1 rings (SSSR count). The lowest BCUT2D eigenvalue weighted by Crippen LogP contribution is -2.19. The number of ether oxygens (including phenoxy) is 2. The molecule has 0 fully saturated rings. The van der Waals surface area contributed by atoms with E-state index in [0.29, 0.717) is 19.6 Å². The molecule has 0 aliphatic rings. The second kappa shape index (κ2) is 7.70. The molecule has 0 aromatic heterocycles. The summed E-state index contributed by atoms with van der Waals surface area (Å²) in [5, 5.41) is 11.8. The molecule has 4 heteroatoms. The summed E-state index contributed by atoms with van der Waals surface area (Å²) in [4.78, 5) is 0. The van der Waals surface area contributed by atoms with Crippen LogP contribution in [-0.4, -0.2) is 20.8 Å². The fraction of sp³-hybridized carbons (Fsp3) is 0.500. The Balaban J connectivity index is 2.77. The van der Waals surface area contributed by atoms with Gasteiger partial charge < -0.3 is 14.8 Å². The summed E-state index contributed by atoms with van der Waals surface area (Å²) in [5.41, 5.74) is 2.20. The second-order valence-corrected chi connectivity index (χ2v) is 4.09. The van der Waals surface area contributed by atoms with Gasteiger partial charge in [-0.05, 0) is 24.6 Å². The Morgan fingerprint density at radius 3 is 2.78 bits per heavy atom. The predicted molar refractivity (Wildman–Crippen MR) is 70.4 cm³/mol. The summed E-state index contributed by atoms with van der Waals surface area (Å²) in [7, 11) is 3.32. The van der Waals surface area contributed by atoms with E-state index < -0.39 is 0 Å². The molecule has 0 heterocycles. The first-order valence-electron chi connectivity index (χ1n) is 5.99. The van der Waals surface area contributed by atoms with Crippen LogP contribution in [0.1, 0.15) is 30.5 Å². The number of hydrogen-bond acceptors (Lipinski definition) is 4. The monoisotopic (exact) mass is 248 g/mol. The summed E-state index contributed by atoms with van der Waals surface area (Å²) in [6.45, 7) is 3.31. The molecule has 0 saturated carbocycles. The van der Waals surface area contributed by atoms with E-state index in [2.05, 4.69) is 24.4 Å². The normalized spacial score (nSPS) is 11.9. The van der Waals surface area contributed by atoms with Crippen LogP contribution in [0.25, 0.3) is 0 Å². The van der Waals surface area contributed by atoms with Gasteiger partial charge in [-0.3, -0.25) is 0 Å². The first-order chi connectivity index (χ1) is 8.72. The van der Waals surface area contributed by atoms with Crippen LogP contribution in [-0.2, 0) is 11.3 Å². The van der Waals surface area contributed by atoms with Gasteiger partial charge in [0.05, 0.1) is 19.8 Å². The van der Waals surface area contributed by atoms with E-state index in [1.54, 1.807) is 14.2 Å². The molecule has 1 N–H and O–H groups in total. The maximum absolute atomic E-state index is 8.51. The van der Waals surface area contributed by atoms with Crippen molar-refractivity contribution >= 4 is 0 Å². The minimum absolute atomic E-state index is 0.208. The lowest BCUT2D eigenvalue weighted by atomic mass is 10.0. The molecule has 98 valence electrons. The van der Waals surface area contributed by atoms with Crippen molar-refractivity contribution in [1.29, 1.82) is 5.26 Å². The van der Waals surface area contributed by atoms with Crippen molar-refractivity contribution in [3.8, 4) is 11.8 Å². The lowest BCUT2D eigenvalue weighted by molar-refractivity contribution is 0.181. The fourth-order valence-electron chi connectivity index (χ4n) is 1.80. The zero-order valence-electron chi connectivity index (χ0n) is 11.2. The number of methoxy groups -OCH3 is 2. The molecule has 0 spiro atoms. The molecule has 18 heavy (non-hydrogen) atoms. The molecule has 1 aromatic rings. The van der Waals surface area contributed by atoms with E-state index in [1.807, 2.05) is 12.1 Å². The van der Waals surface area contributed by atoms with Gasteiger partial charge in [0.1, 0.15) is 5.75 Å². The van der Waals surface area contributed by atoms with E-state index >= 15 is 0 Å². The summed E-state index contributed by atoms with van der Waals surface area (Å²) in [5.74, 6) is 0.838. The minimum Gasteiger partial charge on any atom is -0.496 e. The van der Waals surface area contributed by atoms with Crippen LogP contribution in [0.4, 0.5) is 0 Å². The van der Waals surface area contributed by atoms with E-state index in [1.165, 1.54) is 5.56 Å². The molecule has 4 nitrogen and oxygen atoms in total. The van der Waals surface area contributed by atoms with Crippen LogP contribution in [0.3, 0.4) is 0 Å². The third-order valence-electron chi connectivity index (χ3n) is 2.79. The Hall–Kier alpha value is -1.57. The number of benzene rings is 1. The van der Waals surface area contributed by atoms with Gasteiger partial charge in [0.25, 0.3) is 0 Å². The van der Waals surface area contributed by atoms with Crippen molar-refractivity contribution in [3.05, 3.63) is 29.3 Å². The number of hydrogen-bond donors (Lipinski definition) is 1. The second-order valence-electron chi connectivity index (χ2n) is 4.09. The first kappa shape index (κ1) is 14.5. The lowest BCUT2D eigenvalue weighted by Gasteiger charge is -2.16. The van der Waals surface area contributed by atoms with Gasteiger partial charge in [0.2, 0.25) is 0 Å². The topological polar surface area (TPSA) is 54.3 Å². The van der Waals surface area contributed by atoms with Crippen LogP contribution in [0, 0.1) is 11.3 Å². The molecule has 0 saturated heterocycles. The summed E-state index contributed by atoms with van der Waals surface area (Å²) < 4.78 is 10.4. The largest absolute Gasteiger partial charge is 0.496 e. The maximum Gasteiger partial charge on any atom is 0.124 e. The zero-order valence-corrected chi connectivity index (χ0v) is 11.2. The average Bonchev–Trinajstić information content (AvgIpc) is 2.39. The maximum atomic E-state index is 8.51. The van der Waals surface area contributed by atoms with Crippen molar-refractivity contribution < 1.29 is 9.47 Å². The van der Waals surface area contributed by atoms with E-state index in [9.17, 15) is 0 Å². The van der Waals surface area contributed by atoms with Crippen LogP contribution < -0.4 is 10.1 Å². The highest BCUT2D eigenvalue weighted by Crippen LogP contribution is 2.23. The van der Waals surface area contributed by atoms with Gasteiger partial charge in [-0.1, -0.05) is 6.07 Å². The molecule has 0 bridgehead atoms. The zero-order chi connectivity index (χ0) is 13.4. The van der Waals surface area contributed by atoms with Crippen LogP contribution >= 0.6 is 0 Å². The Morgan fingerprint density at radius 2 is 2.17 bits per heavy atom. The van der Waals surface area contributed by atoms with Crippen LogP contribution in [0.2, 0.25) is 0 Å². The number of nitrogens with zero attached hydrogens (tertiary/aromatic N) is 1. The van der Waals surface area contributed by atoms with Crippen molar-refractivity contribution in [1.82, 2.24) is 5.32 Å². The van der Waals surface area contributed by atoms with Gasteiger partial charge in [-0.15, -0.1) is 0 Å². The van der Waals surface area contributed by atoms with Gasteiger partial charge in [-0.25, -0.2) is 0 Å². The van der Waals surface area contributed by atoms with Crippen LogP contribution in [0.5, 0.6) is 5.75 Å². The van der Waals surface area contributed by atoms with Crippen molar-refractivity contribution in [3.63, 3.8) is 0 Å². The molecule has 1 unspecified atom stereocenters. The summed E-state index contributed by atoms with van der Waals surface area (Å²) in [6.07, 6.45) is 0.519. The molecule has 0 radical (unpaired) electrons. The van der Waals surface area contributed by atoms with Gasteiger partial charge >= 0.3 is 0 Å². The third-order valence-corrected chi connectivity index (χ3v) is 2.79. The minimum atomic E-state index is 0.208. The molecular formula is C14H20N2O2. The third kappa shape index (κ3) is 4.02. The summed E-state index contributed by atoms with van der Waals surface area (Å²) in [6, 6.07) is 8.39. The fourth-order valence-corrected chi connectivity index (χ4v) is 1.80. The van der Waals surface area contributed by atoms with Crippen molar-refractivity contribution in [2.75, 3.05) is 20.8 Å². The van der Waals surface area contributed by atoms with Crippen molar-refractivity contribution in [2.45, 2.75) is 26.0 Å². The highest BCUT2D eigenvalue weighted by atomic mass is 16.5. The van der Waals surface area contributed by atoms with Gasteiger partial charge in [0, 0.05) is 31.7 Å².